The van der Waals surface area contributed by atoms with Crippen LogP contribution in [0.15, 0.2) is 84.9 Å². The van der Waals surface area contributed by atoms with E-state index in [0.717, 1.165) is 87.3 Å². The molecule has 0 unspecified atom stereocenters. The second-order valence-corrected chi connectivity index (χ2v) is 16.5. The molecule has 5 atom stereocenters. The van der Waals surface area contributed by atoms with Gasteiger partial charge >= 0.3 is 5.97 Å². The van der Waals surface area contributed by atoms with Crippen LogP contribution in [0.1, 0.15) is 132 Å². The average molecular weight is 865 g/mol. The predicted octanol–water partition coefficient (Wildman–Crippen LogP) is 6.60. The number of carbonyl (C=O) groups excluding carboxylic acids is 5. The van der Waals surface area contributed by atoms with Crippen molar-refractivity contribution in [2.24, 2.45) is 11.7 Å². The van der Waals surface area contributed by atoms with Crippen molar-refractivity contribution in [3.8, 4) is 6.07 Å². The number of aliphatic carboxylic acids is 1. The maximum absolute atomic E-state index is 13.4. The summed E-state index contributed by atoms with van der Waals surface area (Å²) < 4.78 is 0. The molecule has 13 nitrogen and oxygen atoms in total. The molecule has 0 radical (unpaired) electrons. The zero-order chi connectivity index (χ0) is 45.8. The van der Waals surface area contributed by atoms with Crippen molar-refractivity contribution in [2.45, 2.75) is 154 Å². The van der Waals surface area contributed by atoms with Gasteiger partial charge < -0.3 is 32.1 Å². The fourth-order valence-electron chi connectivity index (χ4n) is 7.37. The first-order chi connectivity index (χ1) is 30.4. The van der Waals surface area contributed by atoms with Crippen LogP contribution in [0, 0.1) is 17.2 Å². The molecule has 3 rings (SSSR count). The number of nitrogens with zero attached hydrogens (tertiary/aromatic N) is 1. The summed E-state index contributed by atoms with van der Waals surface area (Å²) in [6.45, 7) is 3.86. The first kappa shape index (κ1) is 51.3. The van der Waals surface area contributed by atoms with E-state index >= 15 is 0 Å². The summed E-state index contributed by atoms with van der Waals surface area (Å²) in [5.74, 6) is -3.34. The van der Waals surface area contributed by atoms with E-state index in [1.54, 1.807) is 48.5 Å². The standard InChI is InChI=1S/C50H68N6O7/c1-3-36(2)46(49(61)54-41(47(52)59)32-37-22-16-14-17-23-37)56-45(58)27-21-13-11-9-7-5-4-6-8-10-12-20-26-44(57)53-42(33-39-28-30-40(35-51)31-29-39)48(60)55-43(50(62)63)34-38-24-18-15-19-25-38/h14-19,22-25,28-31,36,41-43,46H,3-13,20-21,26-27,32-34H2,1-2H3,(H2,52,59)(H,53,57)(H,54,61)(H,55,60)(H,56,58)(H,62,63)/t36-,41-,42-,43-,46-/m0/s1. The smallest absolute Gasteiger partial charge is 0.326 e. The highest BCUT2D eigenvalue weighted by atomic mass is 16.4. The third-order valence-electron chi connectivity index (χ3n) is 11.4. The van der Waals surface area contributed by atoms with Crippen LogP contribution in [0.3, 0.4) is 0 Å². The molecule has 340 valence electrons. The van der Waals surface area contributed by atoms with Gasteiger partial charge in [0.2, 0.25) is 29.5 Å². The Kier molecular flexibility index (Phi) is 23.9. The van der Waals surface area contributed by atoms with Crippen LogP contribution < -0.4 is 27.0 Å². The maximum atomic E-state index is 13.4. The summed E-state index contributed by atoms with van der Waals surface area (Å²) in [5.41, 5.74) is 8.45. The van der Waals surface area contributed by atoms with Gasteiger partial charge in [-0.3, -0.25) is 24.0 Å². The number of carboxylic acids is 1. The Morgan fingerprint density at radius 3 is 1.41 bits per heavy atom. The van der Waals surface area contributed by atoms with E-state index in [0.29, 0.717) is 24.8 Å². The van der Waals surface area contributed by atoms with Crippen molar-refractivity contribution in [1.82, 2.24) is 21.3 Å². The highest BCUT2D eigenvalue weighted by Gasteiger charge is 2.30. The lowest BCUT2D eigenvalue weighted by atomic mass is 9.97. The van der Waals surface area contributed by atoms with Crippen molar-refractivity contribution in [3.63, 3.8) is 0 Å². The predicted molar refractivity (Wildman–Crippen MR) is 244 cm³/mol. The summed E-state index contributed by atoms with van der Waals surface area (Å²) in [4.78, 5) is 76.6. The lowest BCUT2D eigenvalue weighted by Crippen LogP contribution is -2.55. The van der Waals surface area contributed by atoms with Gasteiger partial charge in [-0.2, -0.15) is 5.26 Å². The molecule has 3 aromatic carbocycles. The highest BCUT2D eigenvalue weighted by Crippen LogP contribution is 2.15. The van der Waals surface area contributed by atoms with Gasteiger partial charge in [-0.05, 0) is 47.6 Å². The van der Waals surface area contributed by atoms with Gasteiger partial charge in [0.05, 0.1) is 11.6 Å². The number of hydrogen-bond acceptors (Lipinski definition) is 7. The molecule has 0 saturated carbocycles. The molecule has 5 amide bonds. The zero-order valence-corrected chi connectivity index (χ0v) is 37.1. The molecule has 0 aromatic heterocycles. The number of carbonyl (C=O) groups is 6. The lowest BCUT2D eigenvalue weighted by molar-refractivity contribution is -0.142. The SMILES string of the molecule is CC[C@H](C)[C@H](NC(=O)CCCCCCCCCCCCCCC(=O)N[C@@H](Cc1ccc(C#N)cc1)C(=O)N[C@@H](Cc1ccccc1)C(=O)O)C(=O)N[C@@H](Cc1ccccc1)C(N)=O. The molecule has 3 aromatic rings. The van der Waals surface area contributed by atoms with Gasteiger partial charge in [-0.1, -0.05) is 157 Å². The molecule has 0 bridgehead atoms. The number of unbranched alkanes of at least 4 members (excludes halogenated alkanes) is 11. The fourth-order valence-corrected chi connectivity index (χ4v) is 7.37. The van der Waals surface area contributed by atoms with Crippen LogP contribution in [0.2, 0.25) is 0 Å². The third kappa shape index (κ3) is 20.6. The van der Waals surface area contributed by atoms with Gasteiger partial charge in [0.1, 0.15) is 24.2 Å². The van der Waals surface area contributed by atoms with Gasteiger partial charge in [0.15, 0.2) is 0 Å². The van der Waals surface area contributed by atoms with Crippen LogP contribution >= 0.6 is 0 Å². The Bertz CT molecular complexity index is 1900. The van der Waals surface area contributed by atoms with E-state index in [9.17, 15) is 33.9 Å². The molecule has 0 heterocycles. The van der Waals surface area contributed by atoms with Crippen LogP contribution in [0.4, 0.5) is 0 Å². The number of primary amides is 1. The Morgan fingerprint density at radius 2 is 0.968 bits per heavy atom. The number of carboxylic acid groups (broad SMARTS) is 1. The molecule has 0 aliphatic rings. The topological polar surface area (TPSA) is 221 Å². The molecule has 0 aliphatic carbocycles. The van der Waals surface area contributed by atoms with Crippen molar-refractivity contribution in [3.05, 3.63) is 107 Å². The minimum atomic E-state index is -1.17. The third-order valence-corrected chi connectivity index (χ3v) is 11.4. The van der Waals surface area contributed by atoms with Gasteiger partial charge in [0.25, 0.3) is 0 Å². The minimum absolute atomic E-state index is 0.103. The number of nitrogens with one attached hydrogen (secondary N) is 4. The van der Waals surface area contributed by atoms with Crippen LogP contribution in [0.5, 0.6) is 0 Å². The summed E-state index contributed by atoms with van der Waals surface area (Å²) in [6.07, 6.45) is 13.8. The number of hydrogen-bond donors (Lipinski definition) is 6. The quantitative estimate of drug-likeness (QED) is 0.0386. The van der Waals surface area contributed by atoms with E-state index < -0.39 is 47.9 Å². The molecule has 63 heavy (non-hydrogen) atoms. The fraction of sp³-hybridized carbons (Fsp3) is 0.500. The Labute approximate surface area is 373 Å². The molecule has 0 spiro atoms. The van der Waals surface area contributed by atoms with Crippen molar-refractivity contribution in [1.29, 1.82) is 5.26 Å². The van der Waals surface area contributed by atoms with Gasteiger partial charge in [-0.15, -0.1) is 0 Å². The van der Waals surface area contributed by atoms with Crippen LogP contribution in [-0.4, -0.2) is 64.8 Å². The molecule has 0 aliphatic heterocycles. The Morgan fingerprint density at radius 1 is 0.556 bits per heavy atom. The monoisotopic (exact) mass is 865 g/mol. The van der Waals surface area contributed by atoms with E-state index in [1.807, 2.05) is 50.2 Å². The molecule has 0 saturated heterocycles. The second-order valence-electron chi connectivity index (χ2n) is 16.5. The summed E-state index contributed by atoms with van der Waals surface area (Å²) in [6, 6.07) is 23.4. The number of benzene rings is 3. The van der Waals surface area contributed by atoms with Gasteiger partial charge in [-0.25, -0.2) is 4.79 Å². The second kappa shape index (κ2) is 29.3. The van der Waals surface area contributed by atoms with E-state index in [-0.39, 0.29) is 43.4 Å². The van der Waals surface area contributed by atoms with Crippen molar-refractivity contribution in [2.75, 3.05) is 0 Å². The summed E-state index contributed by atoms with van der Waals surface area (Å²) in [5, 5.41) is 30.1. The minimum Gasteiger partial charge on any atom is -0.480 e. The molecule has 0 fully saturated rings. The van der Waals surface area contributed by atoms with E-state index in [1.165, 1.54) is 0 Å². The number of nitriles is 1. The Balaban J connectivity index is 1.28. The molecule has 7 N–H and O–H groups in total. The average Bonchev–Trinajstić information content (AvgIpc) is 3.28. The summed E-state index contributed by atoms with van der Waals surface area (Å²) in [7, 11) is 0. The Hall–Kier alpha value is -6.03. The molecular formula is C50H68N6O7. The molecular weight excluding hydrogens is 797 g/mol. The van der Waals surface area contributed by atoms with Crippen molar-refractivity contribution >= 4 is 35.5 Å². The van der Waals surface area contributed by atoms with Crippen LogP contribution in [-0.2, 0) is 48.0 Å². The van der Waals surface area contributed by atoms with Crippen LogP contribution in [0.25, 0.3) is 0 Å². The first-order valence-corrected chi connectivity index (χ1v) is 22.7. The van der Waals surface area contributed by atoms with E-state index in [4.69, 9.17) is 11.0 Å². The number of amides is 5. The van der Waals surface area contributed by atoms with Gasteiger partial charge in [0, 0.05) is 32.1 Å². The van der Waals surface area contributed by atoms with E-state index in [2.05, 4.69) is 27.3 Å². The highest BCUT2D eigenvalue weighted by molar-refractivity contribution is 5.92. The lowest BCUT2D eigenvalue weighted by Gasteiger charge is -2.26. The number of rotatable bonds is 31. The largest absolute Gasteiger partial charge is 0.480 e. The summed E-state index contributed by atoms with van der Waals surface area (Å²) >= 11 is 0. The molecule has 13 heteroatoms. The zero-order valence-electron chi connectivity index (χ0n) is 37.1. The number of nitrogens with two attached hydrogens (primary N) is 1. The van der Waals surface area contributed by atoms with Crippen molar-refractivity contribution < 1.29 is 33.9 Å². The normalized spacial score (nSPS) is 13.3. The maximum Gasteiger partial charge on any atom is 0.326 e. The first-order valence-electron chi connectivity index (χ1n) is 22.7.